The molecular weight excluding hydrogens is 250 g/mol. The number of amides is 1. The summed E-state index contributed by atoms with van der Waals surface area (Å²) in [5, 5.41) is 12.2. The first-order valence-corrected chi connectivity index (χ1v) is 7.39. The van der Waals surface area contributed by atoms with E-state index in [-0.39, 0.29) is 5.91 Å². The molecule has 104 valence electrons. The van der Waals surface area contributed by atoms with Crippen LogP contribution in [0.15, 0.2) is 18.2 Å². The van der Waals surface area contributed by atoms with Crippen LogP contribution < -0.4 is 10.2 Å². The maximum absolute atomic E-state index is 12.3. The van der Waals surface area contributed by atoms with E-state index in [4.69, 9.17) is 5.26 Å². The molecule has 0 unspecified atom stereocenters. The van der Waals surface area contributed by atoms with E-state index in [1.54, 1.807) is 6.07 Å². The third kappa shape index (κ3) is 2.36. The van der Waals surface area contributed by atoms with Gasteiger partial charge in [0.25, 0.3) is 0 Å². The zero-order chi connectivity index (χ0) is 13.9. The molecule has 0 bridgehead atoms. The molecule has 1 aromatic rings. The number of fused-ring (bicyclic) bond motifs is 1. The van der Waals surface area contributed by atoms with Crippen LogP contribution >= 0.6 is 0 Å². The van der Waals surface area contributed by atoms with Crippen LogP contribution in [0.25, 0.3) is 0 Å². The molecule has 1 amide bonds. The summed E-state index contributed by atoms with van der Waals surface area (Å²) < 4.78 is 0. The predicted molar refractivity (Wildman–Crippen MR) is 78.6 cm³/mol. The summed E-state index contributed by atoms with van der Waals surface area (Å²) in [4.78, 5) is 14.3. The molecule has 1 aliphatic heterocycles. The van der Waals surface area contributed by atoms with Gasteiger partial charge in [-0.1, -0.05) is 25.7 Å². The number of nitrogens with one attached hydrogen (secondary N) is 1. The first kappa shape index (κ1) is 13.0. The van der Waals surface area contributed by atoms with Crippen molar-refractivity contribution in [1.29, 1.82) is 5.26 Å². The first-order chi connectivity index (χ1) is 9.79. The molecule has 0 saturated heterocycles. The molecule has 1 aliphatic carbocycles. The number of hydrogen-bond donors (Lipinski definition) is 1. The lowest BCUT2D eigenvalue weighted by molar-refractivity contribution is -0.117. The number of nitrogens with zero attached hydrogens (tertiary/aromatic N) is 2. The van der Waals surface area contributed by atoms with E-state index in [1.807, 2.05) is 17.0 Å². The number of anilines is 2. The normalized spacial score (nSPS) is 19.8. The second-order valence-electron chi connectivity index (χ2n) is 5.61. The fourth-order valence-corrected chi connectivity index (χ4v) is 3.26. The Bertz CT molecular complexity index is 553. The summed E-state index contributed by atoms with van der Waals surface area (Å²) in [5.41, 5.74) is 2.46. The van der Waals surface area contributed by atoms with Crippen molar-refractivity contribution in [3.8, 4) is 6.07 Å². The van der Waals surface area contributed by atoms with Gasteiger partial charge in [-0.3, -0.25) is 4.79 Å². The number of hydrogen-bond acceptors (Lipinski definition) is 3. The second kappa shape index (κ2) is 5.54. The van der Waals surface area contributed by atoms with Crippen molar-refractivity contribution >= 4 is 17.3 Å². The third-order valence-electron chi connectivity index (χ3n) is 4.27. The number of nitriles is 1. The zero-order valence-corrected chi connectivity index (χ0v) is 11.6. The summed E-state index contributed by atoms with van der Waals surface area (Å²) in [7, 11) is 0. The van der Waals surface area contributed by atoms with Gasteiger partial charge in [0.15, 0.2) is 0 Å². The molecule has 1 N–H and O–H groups in total. The quantitative estimate of drug-likeness (QED) is 0.797. The van der Waals surface area contributed by atoms with Crippen molar-refractivity contribution in [2.24, 2.45) is 0 Å². The molecule has 1 aromatic carbocycles. The molecule has 2 aliphatic rings. The topological polar surface area (TPSA) is 56.1 Å². The van der Waals surface area contributed by atoms with Crippen molar-refractivity contribution in [1.82, 2.24) is 0 Å². The summed E-state index contributed by atoms with van der Waals surface area (Å²) in [6, 6.07) is 8.00. The molecule has 20 heavy (non-hydrogen) atoms. The monoisotopic (exact) mass is 269 g/mol. The molecule has 0 spiro atoms. The lowest BCUT2D eigenvalue weighted by Gasteiger charge is -2.36. The highest BCUT2D eigenvalue weighted by Gasteiger charge is 2.30. The number of carbonyl (C=O) groups is 1. The minimum atomic E-state index is 0.125. The summed E-state index contributed by atoms with van der Waals surface area (Å²) in [6.07, 6.45) is 7.05. The lowest BCUT2D eigenvalue weighted by Crippen LogP contribution is -2.46. The van der Waals surface area contributed by atoms with Gasteiger partial charge in [-0.2, -0.15) is 5.26 Å². The van der Waals surface area contributed by atoms with Gasteiger partial charge >= 0.3 is 0 Å². The van der Waals surface area contributed by atoms with E-state index in [0.29, 0.717) is 18.2 Å². The van der Waals surface area contributed by atoms with Gasteiger partial charge in [-0.05, 0) is 31.0 Å². The fraction of sp³-hybridized carbons (Fsp3) is 0.500. The summed E-state index contributed by atoms with van der Waals surface area (Å²) in [6.45, 7) is 0.357. The second-order valence-corrected chi connectivity index (χ2v) is 5.61. The minimum absolute atomic E-state index is 0.125. The Morgan fingerprint density at radius 1 is 1.20 bits per heavy atom. The lowest BCUT2D eigenvalue weighted by atomic mass is 10.0. The van der Waals surface area contributed by atoms with E-state index in [2.05, 4.69) is 11.4 Å². The molecule has 3 rings (SSSR count). The van der Waals surface area contributed by atoms with Crippen molar-refractivity contribution in [3.63, 3.8) is 0 Å². The van der Waals surface area contributed by atoms with Crippen LogP contribution in [-0.2, 0) is 4.79 Å². The van der Waals surface area contributed by atoms with Crippen molar-refractivity contribution in [2.45, 2.75) is 44.6 Å². The number of rotatable bonds is 1. The number of benzene rings is 1. The SMILES string of the molecule is N#Cc1ccc2c(c1)N(C1CCCCCC1)C(=O)CN2. The molecule has 4 heteroatoms. The Labute approximate surface area is 119 Å². The van der Waals surface area contributed by atoms with E-state index < -0.39 is 0 Å². The molecule has 0 aromatic heterocycles. The van der Waals surface area contributed by atoms with Crippen molar-refractivity contribution in [2.75, 3.05) is 16.8 Å². The summed E-state index contributed by atoms with van der Waals surface area (Å²) >= 11 is 0. The Morgan fingerprint density at radius 3 is 2.65 bits per heavy atom. The van der Waals surface area contributed by atoms with E-state index in [9.17, 15) is 4.79 Å². The van der Waals surface area contributed by atoms with Gasteiger partial charge in [0.1, 0.15) is 0 Å². The largest absolute Gasteiger partial charge is 0.374 e. The van der Waals surface area contributed by atoms with Crippen LogP contribution in [0, 0.1) is 11.3 Å². The van der Waals surface area contributed by atoms with Gasteiger partial charge in [-0.15, -0.1) is 0 Å². The van der Waals surface area contributed by atoms with E-state index in [1.165, 1.54) is 25.7 Å². The minimum Gasteiger partial charge on any atom is -0.374 e. The third-order valence-corrected chi connectivity index (χ3v) is 4.27. The Morgan fingerprint density at radius 2 is 1.95 bits per heavy atom. The molecule has 1 saturated carbocycles. The Hall–Kier alpha value is -2.02. The number of carbonyl (C=O) groups excluding carboxylic acids is 1. The van der Waals surface area contributed by atoms with Gasteiger partial charge in [0.05, 0.1) is 29.6 Å². The fourth-order valence-electron chi connectivity index (χ4n) is 3.26. The Balaban J connectivity index is 1.97. The van der Waals surface area contributed by atoms with Crippen LogP contribution in [0.2, 0.25) is 0 Å². The van der Waals surface area contributed by atoms with Crippen LogP contribution in [0.1, 0.15) is 44.1 Å². The zero-order valence-electron chi connectivity index (χ0n) is 11.6. The highest BCUT2D eigenvalue weighted by Crippen LogP contribution is 2.35. The molecule has 0 atom stereocenters. The van der Waals surface area contributed by atoms with Gasteiger partial charge in [0.2, 0.25) is 5.91 Å². The standard InChI is InChI=1S/C16H19N3O/c17-10-12-7-8-14-15(9-12)19(16(20)11-18-14)13-5-3-1-2-4-6-13/h7-9,13,18H,1-6,11H2. The smallest absolute Gasteiger partial charge is 0.246 e. The summed E-state index contributed by atoms with van der Waals surface area (Å²) in [5.74, 6) is 0.125. The van der Waals surface area contributed by atoms with Crippen molar-refractivity contribution in [3.05, 3.63) is 23.8 Å². The molecule has 1 heterocycles. The predicted octanol–water partition coefficient (Wildman–Crippen LogP) is 3.04. The van der Waals surface area contributed by atoms with Crippen LogP contribution in [0.4, 0.5) is 11.4 Å². The molecule has 1 fully saturated rings. The van der Waals surface area contributed by atoms with Crippen LogP contribution in [0.3, 0.4) is 0 Å². The average Bonchev–Trinajstić information content (AvgIpc) is 2.75. The van der Waals surface area contributed by atoms with E-state index >= 15 is 0 Å². The maximum atomic E-state index is 12.3. The first-order valence-electron chi connectivity index (χ1n) is 7.39. The average molecular weight is 269 g/mol. The van der Waals surface area contributed by atoms with Gasteiger partial charge in [-0.25, -0.2) is 0 Å². The maximum Gasteiger partial charge on any atom is 0.246 e. The highest BCUT2D eigenvalue weighted by atomic mass is 16.2. The highest BCUT2D eigenvalue weighted by molar-refractivity contribution is 6.03. The van der Waals surface area contributed by atoms with Crippen molar-refractivity contribution < 1.29 is 4.79 Å². The van der Waals surface area contributed by atoms with Crippen LogP contribution in [0.5, 0.6) is 0 Å². The van der Waals surface area contributed by atoms with Gasteiger partial charge in [0, 0.05) is 6.04 Å². The molecular formula is C16H19N3O. The van der Waals surface area contributed by atoms with Crippen LogP contribution in [-0.4, -0.2) is 18.5 Å². The van der Waals surface area contributed by atoms with Gasteiger partial charge < -0.3 is 10.2 Å². The molecule has 0 radical (unpaired) electrons. The molecule has 4 nitrogen and oxygen atoms in total. The Kier molecular flexibility index (Phi) is 3.60. The van der Waals surface area contributed by atoms with E-state index in [0.717, 1.165) is 24.2 Å².